The highest BCUT2D eigenvalue weighted by Crippen LogP contribution is 2.37. The van der Waals surface area contributed by atoms with Gasteiger partial charge in [-0.2, -0.15) is 0 Å². The molecular formula is C11H10N4OS2. The van der Waals surface area contributed by atoms with E-state index in [1.807, 2.05) is 26.1 Å². The summed E-state index contributed by atoms with van der Waals surface area (Å²) in [6.07, 6.45) is 1.65. The Morgan fingerprint density at radius 2 is 2.11 bits per heavy atom. The zero-order valence-corrected chi connectivity index (χ0v) is 11.4. The van der Waals surface area contributed by atoms with Gasteiger partial charge in [0.15, 0.2) is 15.8 Å². The van der Waals surface area contributed by atoms with Crippen LogP contribution in [0.15, 0.2) is 22.8 Å². The van der Waals surface area contributed by atoms with Crippen LogP contribution < -0.4 is 5.32 Å². The summed E-state index contributed by atoms with van der Waals surface area (Å²) in [5, 5.41) is 13.7. The van der Waals surface area contributed by atoms with Crippen LogP contribution in [0.2, 0.25) is 0 Å². The van der Waals surface area contributed by atoms with Crippen molar-refractivity contribution in [3.8, 4) is 20.7 Å². The molecule has 0 aliphatic rings. The molecule has 3 heterocycles. The van der Waals surface area contributed by atoms with E-state index in [1.54, 1.807) is 17.6 Å². The van der Waals surface area contributed by atoms with E-state index in [1.165, 1.54) is 11.3 Å². The van der Waals surface area contributed by atoms with E-state index in [0.717, 1.165) is 31.5 Å². The third-order valence-electron chi connectivity index (χ3n) is 2.36. The Labute approximate surface area is 112 Å². The smallest absolute Gasteiger partial charge is 0.205 e. The summed E-state index contributed by atoms with van der Waals surface area (Å²) in [7, 11) is 1.83. The van der Waals surface area contributed by atoms with Gasteiger partial charge in [-0.1, -0.05) is 11.3 Å². The van der Waals surface area contributed by atoms with Crippen molar-refractivity contribution < 1.29 is 4.42 Å². The second kappa shape index (κ2) is 4.51. The maximum Gasteiger partial charge on any atom is 0.205 e. The van der Waals surface area contributed by atoms with Crippen molar-refractivity contribution in [2.75, 3.05) is 12.4 Å². The van der Waals surface area contributed by atoms with Crippen molar-refractivity contribution in [3.05, 3.63) is 24.1 Å². The molecule has 0 spiro atoms. The van der Waals surface area contributed by atoms with Crippen molar-refractivity contribution in [1.82, 2.24) is 15.2 Å². The van der Waals surface area contributed by atoms with E-state index < -0.39 is 0 Å². The number of aryl methyl sites for hydroxylation is 1. The molecule has 3 aromatic rings. The third-order valence-corrected chi connectivity index (χ3v) is 4.63. The van der Waals surface area contributed by atoms with Crippen LogP contribution in [0.25, 0.3) is 20.7 Å². The molecule has 0 atom stereocenters. The number of anilines is 1. The lowest BCUT2D eigenvalue weighted by atomic mass is 10.4. The zero-order chi connectivity index (χ0) is 12.5. The third kappa shape index (κ3) is 1.91. The number of hydrogen-bond acceptors (Lipinski definition) is 7. The Kier molecular flexibility index (Phi) is 2.85. The molecule has 0 aromatic carbocycles. The van der Waals surface area contributed by atoms with E-state index >= 15 is 0 Å². The van der Waals surface area contributed by atoms with Crippen LogP contribution >= 0.6 is 22.7 Å². The van der Waals surface area contributed by atoms with Gasteiger partial charge in [-0.25, -0.2) is 4.98 Å². The first-order chi connectivity index (χ1) is 8.78. The van der Waals surface area contributed by atoms with E-state index in [-0.39, 0.29) is 0 Å². The first-order valence-corrected chi connectivity index (χ1v) is 6.94. The number of aromatic nitrogens is 3. The van der Waals surface area contributed by atoms with Crippen LogP contribution in [-0.2, 0) is 0 Å². The molecule has 0 unspecified atom stereocenters. The molecule has 0 radical (unpaired) electrons. The van der Waals surface area contributed by atoms with E-state index in [4.69, 9.17) is 4.42 Å². The highest BCUT2D eigenvalue weighted by atomic mass is 32.1. The summed E-state index contributed by atoms with van der Waals surface area (Å²) in [4.78, 5) is 5.55. The average Bonchev–Trinajstić information content (AvgIpc) is 3.08. The SMILES string of the molecule is CNc1nnc(-c2sc(-c3ccco3)nc2C)s1. The number of nitrogens with zero attached hydrogens (tertiary/aromatic N) is 3. The van der Waals surface area contributed by atoms with Crippen LogP contribution in [-0.4, -0.2) is 22.2 Å². The fraction of sp³-hybridized carbons (Fsp3) is 0.182. The highest BCUT2D eigenvalue weighted by molar-refractivity contribution is 7.24. The van der Waals surface area contributed by atoms with Gasteiger partial charge in [0.25, 0.3) is 0 Å². The molecule has 0 saturated carbocycles. The first-order valence-electron chi connectivity index (χ1n) is 5.31. The van der Waals surface area contributed by atoms with Gasteiger partial charge in [-0.3, -0.25) is 0 Å². The van der Waals surface area contributed by atoms with Crippen molar-refractivity contribution in [2.24, 2.45) is 0 Å². The lowest BCUT2D eigenvalue weighted by Crippen LogP contribution is -1.84. The minimum absolute atomic E-state index is 0.785. The predicted octanol–water partition coefficient (Wildman–Crippen LogP) is 3.27. The molecule has 0 aliphatic carbocycles. The summed E-state index contributed by atoms with van der Waals surface area (Å²) in [5.41, 5.74) is 0.949. The van der Waals surface area contributed by atoms with Crippen LogP contribution in [0.5, 0.6) is 0 Å². The summed E-state index contributed by atoms with van der Waals surface area (Å²) >= 11 is 3.09. The Balaban J connectivity index is 2.03. The molecule has 0 bridgehead atoms. The van der Waals surface area contributed by atoms with Gasteiger partial charge in [0.2, 0.25) is 5.13 Å². The molecule has 18 heavy (non-hydrogen) atoms. The van der Waals surface area contributed by atoms with Crippen molar-refractivity contribution in [2.45, 2.75) is 6.92 Å². The average molecular weight is 278 g/mol. The predicted molar refractivity (Wildman–Crippen MR) is 73.0 cm³/mol. The monoisotopic (exact) mass is 278 g/mol. The van der Waals surface area contributed by atoms with Gasteiger partial charge in [-0.05, 0) is 19.1 Å². The number of nitrogens with one attached hydrogen (secondary N) is 1. The fourth-order valence-corrected chi connectivity index (χ4v) is 3.37. The van der Waals surface area contributed by atoms with Crippen molar-refractivity contribution in [3.63, 3.8) is 0 Å². The zero-order valence-electron chi connectivity index (χ0n) is 9.80. The summed E-state index contributed by atoms with van der Waals surface area (Å²) in [5.74, 6) is 0.785. The van der Waals surface area contributed by atoms with E-state index in [0.29, 0.717) is 0 Å². The lowest BCUT2D eigenvalue weighted by molar-refractivity contribution is 0.581. The fourth-order valence-electron chi connectivity index (χ4n) is 1.52. The maximum atomic E-state index is 5.35. The summed E-state index contributed by atoms with van der Waals surface area (Å²) in [6, 6.07) is 3.76. The Morgan fingerprint density at radius 3 is 2.78 bits per heavy atom. The van der Waals surface area contributed by atoms with Gasteiger partial charge < -0.3 is 9.73 Å². The van der Waals surface area contributed by atoms with Crippen molar-refractivity contribution >= 4 is 27.8 Å². The largest absolute Gasteiger partial charge is 0.462 e. The van der Waals surface area contributed by atoms with Crippen LogP contribution in [0.1, 0.15) is 5.69 Å². The summed E-state index contributed by atoms with van der Waals surface area (Å²) in [6.45, 7) is 1.97. The number of rotatable bonds is 3. The summed E-state index contributed by atoms with van der Waals surface area (Å²) < 4.78 is 5.35. The molecule has 0 amide bonds. The molecule has 0 fully saturated rings. The topological polar surface area (TPSA) is 63.8 Å². The second-order valence-electron chi connectivity index (χ2n) is 3.57. The molecule has 1 N–H and O–H groups in total. The molecule has 0 saturated heterocycles. The van der Waals surface area contributed by atoms with Gasteiger partial charge >= 0.3 is 0 Å². The number of thiazole rings is 1. The van der Waals surface area contributed by atoms with Crippen LogP contribution in [0.4, 0.5) is 5.13 Å². The Bertz CT molecular complexity index is 656. The van der Waals surface area contributed by atoms with Gasteiger partial charge in [0, 0.05) is 7.05 Å². The number of hydrogen-bond donors (Lipinski definition) is 1. The molecule has 7 heteroatoms. The van der Waals surface area contributed by atoms with Crippen LogP contribution in [0, 0.1) is 6.92 Å². The standard InChI is InChI=1S/C11H10N4OS2/c1-6-8(10-14-15-11(12-2)18-10)17-9(13-6)7-4-3-5-16-7/h3-5H,1-2H3,(H,12,15). The van der Waals surface area contributed by atoms with Crippen molar-refractivity contribution in [1.29, 1.82) is 0 Å². The molecular weight excluding hydrogens is 268 g/mol. The quantitative estimate of drug-likeness (QED) is 0.796. The normalized spacial score (nSPS) is 10.8. The highest BCUT2D eigenvalue weighted by Gasteiger charge is 2.16. The number of furan rings is 1. The minimum atomic E-state index is 0.785. The Morgan fingerprint density at radius 1 is 1.22 bits per heavy atom. The maximum absolute atomic E-state index is 5.35. The van der Waals surface area contributed by atoms with Gasteiger partial charge in [0.1, 0.15) is 0 Å². The van der Waals surface area contributed by atoms with E-state index in [2.05, 4.69) is 20.5 Å². The molecule has 0 aliphatic heterocycles. The van der Waals surface area contributed by atoms with Crippen LogP contribution in [0.3, 0.4) is 0 Å². The minimum Gasteiger partial charge on any atom is -0.462 e. The van der Waals surface area contributed by atoms with Gasteiger partial charge in [0.05, 0.1) is 16.8 Å². The molecule has 3 rings (SSSR count). The molecule has 92 valence electrons. The molecule has 5 nitrogen and oxygen atoms in total. The first kappa shape index (κ1) is 11.4. The molecule has 3 aromatic heterocycles. The lowest BCUT2D eigenvalue weighted by Gasteiger charge is -1.88. The Hall–Kier alpha value is -1.73. The van der Waals surface area contributed by atoms with Gasteiger partial charge in [-0.15, -0.1) is 21.5 Å². The van der Waals surface area contributed by atoms with E-state index in [9.17, 15) is 0 Å². The second-order valence-corrected chi connectivity index (χ2v) is 5.55.